The first-order chi connectivity index (χ1) is 15.4. The zero-order chi connectivity index (χ0) is 23.4. The van der Waals surface area contributed by atoms with Crippen molar-refractivity contribution in [3.05, 3.63) is 12.2 Å². The number of hydrogen-bond donors (Lipinski definition) is 0. The van der Waals surface area contributed by atoms with E-state index in [9.17, 15) is 9.59 Å². The van der Waals surface area contributed by atoms with Crippen molar-refractivity contribution in [2.24, 2.45) is 17.8 Å². The third-order valence-electron chi connectivity index (χ3n) is 7.07. The number of carbonyl (C=O) groups is 2. The normalized spacial score (nSPS) is 27.2. The molecule has 0 aromatic heterocycles. The lowest BCUT2D eigenvalue weighted by atomic mass is 9.83. The number of unbranched alkanes of at least 4 members (excludes halogenated alkanes) is 3. The Labute approximate surface area is 199 Å². The molecule has 0 N–H and O–H groups in total. The first-order valence-corrected chi connectivity index (χ1v) is 13.5. The number of thioether (sulfide) groups is 1. The summed E-state index contributed by atoms with van der Waals surface area (Å²) >= 11 is 1.54. The Balaban J connectivity index is 1.96. The summed E-state index contributed by atoms with van der Waals surface area (Å²) in [5.41, 5.74) is 0. The highest BCUT2D eigenvalue weighted by atomic mass is 32.2. The molecule has 0 amide bonds. The second-order valence-electron chi connectivity index (χ2n) is 9.47. The molecule has 0 unspecified atom stereocenters. The SMILES string of the molecule is CCCCCC1(CC[C@@H]2[C@@H](C/C=C\CCCC(=O)OC)[C@@H](C)C[C@H]2SC(C)=O)OCCO1. The molecule has 32 heavy (non-hydrogen) atoms. The average molecular weight is 469 g/mol. The van der Waals surface area contributed by atoms with E-state index in [-0.39, 0.29) is 11.1 Å². The Bertz CT molecular complexity index is 599. The van der Waals surface area contributed by atoms with Crippen LogP contribution in [0.25, 0.3) is 0 Å². The van der Waals surface area contributed by atoms with Crippen LogP contribution in [0.2, 0.25) is 0 Å². The number of methoxy groups -OCH3 is 1. The van der Waals surface area contributed by atoms with Gasteiger partial charge in [0, 0.05) is 31.4 Å². The van der Waals surface area contributed by atoms with Crippen LogP contribution in [0.1, 0.15) is 91.4 Å². The fourth-order valence-corrected chi connectivity index (χ4v) is 6.69. The fraction of sp³-hybridized carbons (Fsp3) is 0.846. The number of esters is 1. The van der Waals surface area contributed by atoms with Gasteiger partial charge in [-0.3, -0.25) is 9.59 Å². The van der Waals surface area contributed by atoms with Gasteiger partial charge in [-0.25, -0.2) is 0 Å². The Morgan fingerprint density at radius 2 is 1.84 bits per heavy atom. The van der Waals surface area contributed by atoms with E-state index in [1.807, 2.05) is 0 Å². The van der Waals surface area contributed by atoms with Gasteiger partial charge in [-0.1, -0.05) is 50.6 Å². The second-order valence-corrected chi connectivity index (χ2v) is 10.9. The number of hydrogen-bond acceptors (Lipinski definition) is 6. The minimum atomic E-state index is -0.416. The van der Waals surface area contributed by atoms with Crippen LogP contribution >= 0.6 is 11.8 Å². The van der Waals surface area contributed by atoms with Gasteiger partial charge in [0.15, 0.2) is 10.9 Å². The van der Waals surface area contributed by atoms with E-state index >= 15 is 0 Å². The van der Waals surface area contributed by atoms with Gasteiger partial charge in [-0.05, 0) is 56.3 Å². The molecule has 4 atom stereocenters. The van der Waals surface area contributed by atoms with Crippen molar-refractivity contribution in [3.63, 3.8) is 0 Å². The minimum absolute atomic E-state index is 0.142. The highest BCUT2D eigenvalue weighted by Crippen LogP contribution is 2.48. The van der Waals surface area contributed by atoms with Crippen LogP contribution in [0.3, 0.4) is 0 Å². The van der Waals surface area contributed by atoms with Crippen LogP contribution in [0, 0.1) is 17.8 Å². The molecule has 0 bridgehead atoms. The van der Waals surface area contributed by atoms with E-state index in [0.717, 1.165) is 51.4 Å². The second kappa shape index (κ2) is 14.4. The number of ether oxygens (including phenoxy) is 3. The predicted molar refractivity (Wildman–Crippen MR) is 130 cm³/mol. The fourth-order valence-electron chi connectivity index (χ4n) is 5.35. The van der Waals surface area contributed by atoms with Crippen molar-refractivity contribution in [1.82, 2.24) is 0 Å². The predicted octanol–water partition coefficient (Wildman–Crippen LogP) is 6.30. The summed E-state index contributed by atoms with van der Waals surface area (Å²) in [6.07, 6.45) is 15.3. The molecule has 1 aliphatic carbocycles. The quantitative estimate of drug-likeness (QED) is 0.169. The maximum absolute atomic E-state index is 11.9. The molecule has 1 saturated carbocycles. The van der Waals surface area contributed by atoms with E-state index in [1.54, 1.807) is 6.92 Å². The van der Waals surface area contributed by atoms with Crippen molar-refractivity contribution in [2.75, 3.05) is 20.3 Å². The zero-order valence-corrected chi connectivity index (χ0v) is 21.4. The number of carbonyl (C=O) groups excluding carboxylic acids is 2. The molecule has 1 aliphatic heterocycles. The van der Waals surface area contributed by atoms with Gasteiger partial charge < -0.3 is 14.2 Å². The van der Waals surface area contributed by atoms with E-state index in [2.05, 4.69) is 26.0 Å². The van der Waals surface area contributed by atoms with E-state index in [1.165, 1.54) is 31.7 Å². The summed E-state index contributed by atoms with van der Waals surface area (Å²) in [6, 6.07) is 0. The summed E-state index contributed by atoms with van der Waals surface area (Å²) < 4.78 is 17.0. The molecule has 0 spiro atoms. The minimum Gasteiger partial charge on any atom is -0.469 e. The van der Waals surface area contributed by atoms with Gasteiger partial charge in [0.25, 0.3) is 0 Å². The molecule has 0 aromatic carbocycles. The molecule has 1 heterocycles. The average Bonchev–Trinajstić information content (AvgIpc) is 3.33. The lowest BCUT2D eigenvalue weighted by Crippen LogP contribution is -2.32. The highest BCUT2D eigenvalue weighted by molar-refractivity contribution is 8.14. The third kappa shape index (κ3) is 8.83. The van der Waals surface area contributed by atoms with Crippen LogP contribution in [-0.2, 0) is 23.8 Å². The Morgan fingerprint density at radius 3 is 2.50 bits per heavy atom. The smallest absolute Gasteiger partial charge is 0.305 e. The zero-order valence-electron chi connectivity index (χ0n) is 20.6. The third-order valence-corrected chi connectivity index (χ3v) is 8.24. The van der Waals surface area contributed by atoms with Crippen molar-refractivity contribution in [3.8, 4) is 0 Å². The van der Waals surface area contributed by atoms with Crippen molar-refractivity contribution < 1.29 is 23.8 Å². The Kier molecular flexibility index (Phi) is 12.3. The summed E-state index contributed by atoms with van der Waals surface area (Å²) in [7, 11) is 1.44. The van der Waals surface area contributed by atoms with Crippen LogP contribution < -0.4 is 0 Å². The van der Waals surface area contributed by atoms with E-state index in [4.69, 9.17) is 14.2 Å². The number of allylic oxidation sites excluding steroid dienone is 2. The van der Waals surface area contributed by atoms with Gasteiger partial charge in [0.05, 0.1) is 20.3 Å². The molecular weight excluding hydrogens is 424 g/mol. The molecule has 2 fully saturated rings. The van der Waals surface area contributed by atoms with Gasteiger partial charge in [-0.15, -0.1) is 0 Å². The molecule has 2 aliphatic rings. The van der Waals surface area contributed by atoms with Crippen molar-refractivity contribution in [1.29, 1.82) is 0 Å². The molecule has 5 nitrogen and oxygen atoms in total. The summed E-state index contributed by atoms with van der Waals surface area (Å²) in [5.74, 6) is 1.10. The Hall–Kier alpha value is -0.850. The maximum Gasteiger partial charge on any atom is 0.305 e. The number of rotatable bonds is 14. The molecule has 0 aromatic rings. The topological polar surface area (TPSA) is 61.8 Å². The van der Waals surface area contributed by atoms with Crippen LogP contribution in [0.5, 0.6) is 0 Å². The van der Waals surface area contributed by atoms with Gasteiger partial charge in [-0.2, -0.15) is 0 Å². The summed E-state index contributed by atoms with van der Waals surface area (Å²) in [4.78, 5) is 23.2. The molecular formula is C26H44O5S. The lowest BCUT2D eigenvalue weighted by molar-refractivity contribution is -0.170. The monoisotopic (exact) mass is 468 g/mol. The van der Waals surface area contributed by atoms with Crippen LogP contribution in [0.15, 0.2) is 12.2 Å². The summed E-state index contributed by atoms with van der Waals surface area (Å²) in [5, 5.41) is 0.603. The first kappa shape index (κ1) is 27.4. The molecule has 6 heteroatoms. The largest absolute Gasteiger partial charge is 0.469 e. The Morgan fingerprint density at radius 1 is 1.09 bits per heavy atom. The molecule has 184 valence electrons. The first-order valence-electron chi connectivity index (χ1n) is 12.6. The van der Waals surface area contributed by atoms with E-state index in [0.29, 0.717) is 42.6 Å². The highest BCUT2D eigenvalue weighted by Gasteiger charge is 2.44. The van der Waals surface area contributed by atoms with Crippen LogP contribution in [-0.4, -0.2) is 42.4 Å². The molecule has 1 saturated heterocycles. The van der Waals surface area contributed by atoms with Crippen molar-refractivity contribution >= 4 is 22.8 Å². The van der Waals surface area contributed by atoms with Gasteiger partial charge in [0.1, 0.15) is 0 Å². The van der Waals surface area contributed by atoms with Crippen molar-refractivity contribution in [2.45, 2.75) is 102 Å². The maximum atomic E-state index is 11.9. The summed E-state index contributed by atoms with van der Waals surface area (Å²) in [6.45, 7) is 7.63. The lowest BCUT2D eigenvalue weighted by Gasteiger charge is -2.32. The van der Waals surface area contributed by atoms with Gasteiger partial charge >= 0.3 is 5.97 Å². The van der Waals surface area contributed by atoms with Crippen LogP contribution in [0.4, 0.5) is 0 Å². The molecule has 0 radical (unpaired) electrons. The van der Waals surface area contributed by atoms with E-state index < -0.39 is 5.79 Å². The standard InChI is InChI=1S/C26H44O5S/c1-5-6-11-15-26(30-17-18-31-26)16-14-23-22(20(2)19-24(23)32-21(3)27)12-9-7-8-10-13-25(28)29-4/h7,9,20,22-24H,5-6,8,10-19H2,1-4H3/b9-7-/t20-,22-,23+,24+/m0/s1. The van der Waals surface area contributed by atoms with Gasteiger partial charge in [0.2, 0.25) is 0 Å². The molecule has 2 rings (SSSR count).